The smallest absolute Gasteiger partial charge is 0.275 e. The molecule has 0 radical (unpaired) electrons. The Morgan fingerprint density at radius 3 is 2.70 bits per heavy atom. The molecular formula is C21H23N3O3. The van der Waals surface area contributed by atoms with Crippen molar-refractivity contribution in [1.82, 2.24) is 14.5 Å². The molecular weight excluding hydrogens is 342 g/mol. The van der Waals surface area contributed by atoms with Crippen molar-refractivity contribution in [2.75, 3.05) is 21.2 Å². The van der Waals surface area contributed by atoms with Gasteiger partial charge in [-0.2, -0.15) is 0 Å². The van der Waals surface area contributed by atoms with Crippen LogP contribution in [0.1, 0.15) is 17.3 Å². The number of allylic oxidation sites excluding steroid dienone is 2. The van der Waals surface area contributed by atoms with Crippen LogP contribution in [0.4, 0.5) is 0 Å². The van der Waals surface area contributed by atoms with Gasteiger partial charge in [0.2, 0.25) is 0 Å². The summed E-state index contributed by atoms with van der Waals surface area (Å²) in [6.45, 7) is 2.38. The Bertz CT molecular complexity index is 1070. The molecule has 0 saturated heterocycles. The molecule has 0 bridgehead atoms. The lowest BCUT2D eigenvalue weighted by atomic mass is 10.00. The van der Waals surface area contributed by atoms with Crippen LogP contribution in [-0.4, -0.2) is 41.6 Å². The van der Waals surface area contributed by atoms with Gasteiger partial charge in [0.25, 0.3) is 11.5 Å². The summed E-state index contributed by atoms with van der Waals surface area (Å²) in [6.07, 6.45) is 7.39. The summed E-state index contributed by atoms with van der Waals surface area (Å²) < 4.78 is 7.18. The quantitative estimate of drug-likeness (QED) is 0.706. The molecule has 0 saturated carbocycles. The number of carbonyl (C=O) groups excluding carboxylic acids is 1. The van der Waals surface area contributed by atoms with E-state index in [1.54, 1.807) is 44.1 Å². The van der Waals surface area contributed by atoms with Gasteiger partial charge < -0.3 is 19.2 Å². The number of aromatic nitrogens is 2. The number of amides is 1. The van der Waals surface area contributed by atoms with Crippen molar-refractivity contribution in [3.05, 3.63) is 64.7 Å². The molecule has 0 atom stereocenters. The van der Waals surface area contributed by atoms with E-state index in [0.29, 0.717) is 23.4 Å². The number of pyridine rings is 1. The number of rotatable bonds is 5. The number of hydrogen-bond acceptors (Lipinski definition) is 3. The molecule has 2 heterocycles. The second-order valence-electron chi connectivity index (χ2n) is 6.45. The van der Waals surface area contributed by atoms with E-state index in [1.165, 1.54) is 4.90 Å². The third-order valence-corrected chi connectivity index (χ3v) is 4.48. The molecule has 140 valence electrons. The molecule has 1 amide bonds. The van der Waals surface area contributed by atoms with E-state index in [1.807, 2.05) is 37.4 Å². The molecule has 1 aromatic carbocycles. The Kier molecular flexibility index (Phi) is 5.16. The predicted octanol–water partition coefficient (Wildman–Crippen LogP) is 3.28. The minimum Gasteiger partial charge on any atom is -0.496 e. The first kappa shape index (κ1) is 18.5. The SMILES string of the molecule is CC=CCn1cc(-c2cc(C(=O)N(C)C)ccc2OC)c2cc[nH]c2c1=O. The van der Waals surface area contributed by atoms with Gasteiger partial charge in [0.1, 0.15) is 11.3 Å². The normalized spacial score (nSPS) is 11.3. The maximum absolute atomic E-state index is 12.7. The van der Waals surface area contributed by atoms with Crippen molar-refractivity contribution in [3.8, 4) is 16.9 Å². The minimum atomic E-state index is -0.0912. The molecule has 0 aliphatic carbocycles. The van der Waals surface area contributed by atoms with Crippen LogP contribution in [0.15, 0.2) is 53.6 Å². The van der Waals surface area contributed by atoms with Crippen LogP contribution >= 0.6 is 0 Å². The second-order valence-corrected chi connectivity index (χ2v) is 6.45. The fraction of sp³-hybridized carbons (Fsp3) is 0.238. The number of methoxy groups -OCH3 is 1. The number of carbonyl (C=O) groups is 1. The van der Waals surface area contributed by atoms with Crippen LogP contribution in [0.5, 0.6) is 5.75 Å². The maximum Gasteiger partial charge on any atom is 0.275 e. The molecule has 2 aromatic heterocycles. The summed E-state index contributed by atoms with van der Waals surface area (Å²) in [4.78, 5) is 29.7. The first-order valence-corrected chi connectivity index (χ1v) is 8.69. The van der Waals surface area contributed by atoms with Crippen molar-refractivity contribution < 1.29 is 9.53 Å². The molecule has 0 fully saturated rings. The molecule has 0 aliphatic rings. The van der Waals surface area contributed by atoms with Crippen LogP contribution in [0.25, 0.3) is 22.0 Å². The summed E-state index contributed by atoms with van der Waals surface area (Å²) in [5, 5.41) is 0.796. The Morgan fingerprint density at radius 1 is 1.26 bits per heavy atom. The highest BCUT2D eigenvalue weighted by atomic mass is 16.5. The van der Waals surface area contributed by atoms with Crippen LogP contribution in [-0.2, 0) is 6.54 Å². The Labute approximate surface area is 157 Å². The largest absolute Gasteiger partial charge is 0.496 e. The monoisotopic (exact) mass is 365 g/mol. The standard InChI is InChI=1S/C21H23N3O3/c1-5-6-11-24-13-17(15-9-10-22-19(15)21(24)26)16-12-14(20(25)23(2)3)7-8-18(16)27-4/h5-10,12-13,22H,11H2,1-4H3. The first-order valence-electron chi connectivity index (χ1n) is 8.69. The van der Waals surface area contributed by atoms with E-state index in [4.69, 9.17) is 4.74 Å². The number of H-pyrrole nitrogens is 1. The molecule has 6 nitrogen and oxygen atoms in total. The zero-order valence-corrected chi connectivity index (χ0v) is 15.9. The zero-order valence-electron chi connectivity index (χ0n) is 15.9. The molecule has 3 rings (SSSR count). The fourth-order valence-corrected chi connectivity index (χ4v) is 3.08. The van der Waals surface area contributed by atoms with Gasteiger partial charge in [0.15, 0.2) is 0 Å². The van der Waals surface area contributed by atoms with Gasteiger partial charge in [0.05, 0.1) is 7.11 Å². The van der Waals surface area contributed by atoms with Gasteiger partial charge >= 0.3 is 0 Å². The molecule has 1 N–H and O–H groups in total. The van der Waals surface area contributed by atoms with Crippen molar-refractivity contribution >= 4 is 16.8 Å². The minimum absolute atomic E-state index is 0.0867. The third kappa shape index (κ3) is 3.38. The number of fused-ring (bicyclic) bond motifs is 1. The van der Waals surface area contributed by atoms with Crippen molar-refractivity contribution in [2.24, 2.45) is 0 Å². The van der Waals surface area contributed by atoms with Gasteiger partial charge in [-0.05, 0) is 31.2 Å². The van der Waals surface area contributed by atoms with Crippen LogP contribution in [0.2, 0.25) is 0 Å². The van der Waals surface area contributed by atoms with Gasteiger partial charge in [0, 0.05) is 55.1 Å². The molecule has 27 heavy (non-hydrogen) atoms. The van der Waals surface area contributed by atoms with E-state index < -0.39 is 0 Å². The van der Waals surface area contributed by atoms with Gasteiger partial charge in [-0.15, -0.1) is 0 Å². The lowest BCUT2D eigenvalue weighted by molar-refractivity contribution is 0.0827. The predicted molar refractivity (Wildman–Crippen MR) is 107 cm³/mol. The van der Waals surface area contributed by atoms with Gasteiger partial charge in [-0.25, -0.2) is 0 Å². The number of ether oxygens (including phenoxy) is 1. The van der Waals surface area contributed by atoms with E-state index in [-0.39, 0.29) is 11.5 Å². The van der Waals surface area contributed by atoms with E-state index in [0.717, 1.165) is 16.5 Å². The summed E-state index contributed by atoms with van der Waals surface area (Å²) in [5.41, 5.74) is 2.61. The summed E-state index contributed by atoms with van der Waals surface area (Å²) in [7, 11) is 5.03. The maximum atomic E-state index is 12.7. The lowest BCUT2D eigenvalue weighted by Gasteiger charge is -2.15. The summed E-state index contributed by atoms with van der Waals surface area (Å²) in [5.74, 6) is 0.551. The second kappa shape index (κ2) is 7.53. The van der Waals surface area contributed by atoms with Crippen molar-refractivity contribution in [1.29, 1.82) is 0 Å². The summed E-state index contributed by atoms with van der Waals surface area (Å²) >= 11 is 0. The van der Waals surface area contributed by atoms with Gasteiger partial charge in [-0.1, -0.05) is 12.2 Å². The fourth-order valence-electron chi connectivity index (χ4n) is 3.08. The number of nitrogens with one attached hydrogen (secondary N) is 1. The number of hydrogen-bond donors (Lipinski definition) is 1. The summed E-state index contributed by atoms with van der Waals surface area (Å²) in [6, 6.07) is 7.21. The molecule has 0 unspecified atom stereocenters. The van der Waals surface area contributed by atoms with Crippen molar-refractivity contribution in [3.63, 3.8) is 0 Å². The van der Waals surface area contributed by atoms with Crippen LogP contribution in [0, 0.1) is 0 Å². The van der Waals surface area contributed by atoms with Crippen LogP contribution < -0.4 is 10.3 Å². The molecule has 0 spiro atoms. The van der Waals surface area contributed by atoms with E-state index >= 15 is 0 Å². The number of benzene rings is 1. The Balaban J connectivity index is 2.29. The highest BCUT2D eigenvalue weighted by molar-refractivity contribution is 6.00. The topological polar surface area (TPSA) is 67.3 Å². The van der Waals surface area contributed by atoms with E-state index in [2.05, 4.69) is 4.98 Å². The average molecular weight is 365 g/mol. The van der Waals surface area contributed by atoms with Crippen molar-refractivity contribution in [2.45, 2.75) is 13.5 Å². The molecule has 0 aliphatic heterocycles. The Morgan fingerprint density at radius 2 is 2.04 bits per heavy atom. The highest BCUT2D eigenvalue weighted by Crippen LogP contribution is 2.35. The molecule has 6 heteroatoms. The van der Waals surface area contributed by atoms with E-state index in [9.17, 15) is 9.59 Å². The highest BCUT2D eigenvalue weighted by Gasteiger charge is 2.17. The Hall–Kier alpha value is -3.28. The molecule has 3 aromatic rings. The first-order chi connectivity index (χ1) is 13.0. The van der Waals surface area contributed by atoms with Gasteiger partial charge in [-0.3, -0.25) is 9.59 Å². The zero-order chi connectivity index (χ0) is 19.6. The lowest BCUT2D eigenvalue weighted by Crippen LogP contribution is -2.22. The number of nitrogens with zero attached hydrogens (tertiary/aromatic N) is 2. The third-order valence-electron chi connectivity index (χ3n) is 4.48. The van der Waals surface area contributed by atoms with Crippen LogP contribution in [0.3, 0.4) is 0 Å². The average Bonchev–Trinajstić information content (AvgIpc) is 3.16. The number of aromatic amines is 1.